The van der Waals surface area contributed by atoms with Crippen LogP contribution in [0.3, 0.4) is 0 Å². The minimum Gasteiger partial charge on any atom is -0.497 e. The van der Waals surface area contributed by atoms with Crippen molar-refractivity contribution in [1.29, 1.82) is 0 Å². The Labute approximate surface area is 158 Å². The van der Waals surface area contributed by atoms with Gasteiger partial charge in [0.2, 0.25) is 10.0 Å². The third-order valence-corrected chi connectivity index (χ3v) is 6.72. The summed E-state index contributed by atoms with van der Waals surface area (Å²) in [4.78, 5) is 12.5. The third-order valence-electron chi connectivity index (χ3n) is 4.68. The van der Waals surface area contributed by atoms with Crippen molar-refractivity contribution < 1.29 is 18.1 Å². The average molecular weight is 391 g/mol. The molecule has 144 valence electrons. The van der Waals surface area contributed by atoms with Gasteiger partial charge in [-0.3, -0.25) is 10.1 Å². The smallest absolute Gasteiger partial charge is 0.270 e. The fraction of sp³-hybridized carbons (Fsp3) is 0.333. The van der Waals surface area contributed by atoms with Crippen molar-refractivity contribution in [2.75, 3.05) is 38.2 Å². The van der Waals surface area contributed by atoms with Gasteiger partial charge in [-0.2, -0.15) is 4.31 Å². The molecule has 0 bridgehead atoms. The summed E-state index contributed by atoms with van der Waals surface area (Å²) in [6, 6.07) is 11.5. The third kappa shape index (κ3) is 3.88. The van der Waals surface area contributed by atoms with Crippen molar-refractivity contribution in [2.45, 2.75) is 11.8 Å². The molecule has 1 aliphatic heterocycles. The second-order valence-electron chi connectivity index (χ2n) is 6.30. The minimum atomic E-state index is -3.78. The first-order chi connectivity index (χ1) is 12.8. The Balaban J connectivity index is 1.76. The van der Waals surface area contributed by atoms with E-state index in [1.165, 1.54) is 16.4 Å². The average Bonchev–Trinajstić information content (AvgIpc) is 2.68. The number of benzene rings is 2. The molecule has 0 radical (unpaired) electrons. The lowest BCUT2D eigenvalue weighted by Crippen LogP contribution is -2.48. The van der Waals surface area contributed by atoms with E-state index in [2.05, 4.69) is 4.90 Å². The maximum Gasteiger partial charge on any atom is 0.270 e. The fourth-order valence-electron chi connectivity index (χ4n) is 3.10. The Kier molecular flexibility index (Phi) is 5.33. The van der Waals surface area contributed by atoms with Gasteiger partial charge >= 0.3 is 0 Å². The summed E-state index contributed by atoms with van der Waals surface area (Å²) >= 11 is 0. The summed E-state index contributed by atoms with van der Waals surface area (Å²) in [6.45, 7) is 3.36. The molecule has 0 atom stereocenters. The zero-order valence-electron chi connectivity index (χ0n) is 15.2. The predicted molar refractivity (Wildman–Crippen MR) is 102 cm³/mol. The van der Waals surface area contributed by atoms with Crippen LogP contribution in [0, 0.1) is 17.0 Å². The van der Waals surface area contributed by atoms with Gasteiger partial charge in [0.05, 0.1) is 16.9 Å². The summed E-state index contributed by atoms with van der Waals surface area (Å²) in [7, 11) is -2.18. The van der Waals surface area contributed by atoms with Gasteiger partial charge in [0.1, 0.15) is 5.75 Å². The van der Waals surface area contributed by atoms with Gasteiger partial charge in [0.25, 0.3) is 5.69 Å². The van der Waals surface area contributed by atoms with Gasteiger partial charge in [-0.15, -0.1) is 0 Å². The molecule has 1 heterocycles. The molecule has 8 nitrogen and oxygen atoms in total. The molecule has 2 aromatic rings. The number of methoxy groups -OCH3 is 1. The van der Waals surface area contributed by atoms with Crippen molar-refractivity contribution in [1.82, 2.24) is 4.31 Å². The molecule has 3 rings (SSSR count). The van der Waals surface area contributed by atoms with Crippen LogP contribution in [0.25, 0.3) is 0 Å². The Morgan fingerprint density at radius 2 is 1.67 bits per heavy atom. The van der Waals surface area contributed by atoms with Crippen LogP contribution in [-0.2, 0) is 10.0 Å². The lowest BCUT2D eigenvalue weighted by atomic mass is 10.2. The van der Waals surface area contributed by atoms with Crippen LogP contribution >= 0.6 is 0 Å². The van der Waals surface area contributed by atoms with E-state index in [4.69, 9.17) is 4.74 Å². The minimum absolute atomic E-state index is 0.00500. The lowest BCUT2D eigenvalue weighted by Gasteiger charge is -2.35. The van der Waals surface area contributed by atoms with Gasteiger partial charge in [-0.25, -0.2) is 8.42 Å². The van der Waals surface area contributed by atoms with E-state index >= 15 is 0 Å². The summed E-state index contributed by atoms with van der Waals surface area (Å²) < 4.78 is 32.5. The monoisotopic (exact) mass is 391 g/mol. The number of piperazine rings is 1. The molecule has 9 heteroatoms. The largest absolute Gasteiger partial charge is 0.497 e. The Bertz CT molecular complexity index is 936. The normalized spacial score (nSPS) is 15.6. The van der Waals surface area contributed by atoms with Gasteiger partial charge in [0.15, 0.2) is 0 Å². The predicted octanol–water partition coefficient (Wildman–Crippen LogP) is 2.42. The molecule has 2 aromatic carbocycles. The molecule has 0 saturated carbocycles. The highest BCUT2D eigenvalue weighted by Gasteiger charge is 2.30. The number of nitrogens with zero attached hydrogens (tertiary/aromatic N) is 3. The van der Waals surface area contributed by atoms with Crippen LogP contribution in [-0.4, -0.2) is 50.9 Å². The topological polar surface area (TPSA) is 93.0 Å². The number of rotatable bonds is 5. The number of hydrogen-bond donors (Lipinski definition) is 0. The number of nitro benzene ring substituents is 1. The van der Waals surface area contributed by atoms with E-state index in [0.29, 0.717) is 31.7 Å². The second-order valence-corrected chi connectivity index (χ2v) is 8.20. The highest BCUT2D eigenvalue weighted by atomic mass is 32.2. The first-order valence-corrected chi connectivity index (χ1v) is 9.91. The van der Waals surface area contributed by atoms with E-state index in [1.54, 1.807) is 14.0 Å². The second kappa shape index (κ2) is 7.53. The zero-order chi connectivity index (χ0) is 19.6. The number of nitro groups is 1. The number of aryl methyl sites for hydroxylation is 1. The van der Waals surface area contributed by atoms with Crippen molar-refractivity contribution in [2.24, 2.45) is 0 Å². The molecule has 1 fully saturated rings. The highest BCUT2D eigenvalue weighted by Crippen LogP contribution is 2.27. The molecule has 0 N–H and O–H groups in total. The highest BCUT2D eigenvalue weighted by molar-refractivity contribution is 7.89. The van der Waals surface area contributed by atoms with Crippen molar-refractivity contribution in [3.05, 3.63) is 58.1 Å². The van der Waals surface area contributed by atoms with E-state index in [0.717, 1.165) is 17.5 Å². The number of hydrogen-bond acceptors (Lipinski definition) is 6. The number of non-ortho nitro benzene ring substituents is 1. The molecular formula is C18H21N3O5S. The molecule has 0 amide bonds. The van der Waals surface area contributed by atoms with E-state index in [-0.39, 0.29) is 10.6 Å². The van der Waals surface area contributed by atoms with Gasteiger partial charge in [-0.05, 0) is 36.8 Å². The molecule has 0 spiro atoms. The summed E-state index contributed by atoms with van der Waals surface area (Å²) in [5, 5.41) is 11.0. The van der Waals surface area contributed by atoms with Crippen molar-refractivity contribution >= 4 is 21.4 Å². The molecule has 0 aliphatic carbocycles. The van der Waals surface area contributed by atoms with Crippen LogP contribution in [0.2, 0.25) is 0 Å². The molecule has 0 aromatic heterocycles. The molecule has 27 heavy (non-hydrogen) atoms. The van der Waals surface area contributed by atoms with Crippen LogP contribution in [0.5, 0.6) is 5.75 Å². The summed E-state index contributed by atoms with van der Waals surface area (Å²) in [6.07, 6.45) is 0. The number of anilines is 1. The molecule has 0 unspecified atom stereocenters. The van der Waals surface area contributed by atoms with Crippen LogP contribution in [0.4, 0.5) is 11.4 Å². The van der Waals surface area contributed by atoms with Crippen LogP contribution < -0.4 is 9.64 Å². The van der Waals surface area contributed by atoms with Crippen LogP contribution in [0.15, 0.2) is 47.4 Å². The SMILES string of the molecule is COc1ccc(N2CCN(S(=O)(=O)c3cc([N+](=O)[O-])ccc3C)CC2)cc1. The Morgan fingerprint density at radius 1 is 1.04 bits per heavy atom. The lowest BCUT2D eigenvalue weighted by molar-refractivity contribution is -0.385. The van der Waals surface area contributed by atoms with E-state index < -0.39 is 14.9 Å². The summed E-state index contributed by atoms with van der Waals surface area (Å²) in [5.41, 5.74) is 1.27. The van der Waals surface area contributed by atoms with Gasteiger partial charge in [-0.1, -0.05) is 6.07 Å². The van der Waals surface area contributed by atoms with Gasteiger partial charge in [0, 0.05) is 44.0 Å². The van der Waals surface area contributed by atoms with Gasteiger partial charge < -0.3 is 9.64 Å². The number of ether oxygens (including phenoxy) is 1. The maximum absolute atomic E-state index is 13.0. The summed E-state index contributed by atoms with van der Waals surface area (Å²) in [5.74, 6) is 0.765. The quantitative estimate of drug-likeness (QED) is 0.574. The molecule has 1 saturated heterocycles. The van der Waals surface area contributed by atoms with Crippen LogP contribution in [0.1, 0.15) is 5.56 Å². The Hall–Kier alpha value is -2.65. The zero-order valence-corrected chi connectivity index (χ0v) is 16.0. The number of sulfonamides is 1. The van der Waals surface area contributed by atoms with E-state index in [9.17, 15) is 18.5 Å². The molecule has 1 aliphatic rings. The Morgan fingerprint density at radius 3 is 2.22 bits per heavy atom. The molecular weight excluding hydrogens is 370 g/mol. The first-order valence-electron chi connectivity index (χ1n) is 8.47. The first kappa shape index (κ1) is 19.1. The van der Waals surface area contributed by atoms with Crippen molar-refractivity contribution in [3.63, 3.8) is 0 Å². The fourth-order valence-corrected chi connectivity index (χ4v) is 4.77. The van der Waals surface area contributed by atoms with E-state index in [1.807, 2.05) is 24.3 Å². The maximum atomic E-state index is 13.0. The van der Waals surface area contributed by atoms with Crippen molar-refractivity contribution in [3.8, 4) is 5.75 Å². The standard InChI is InChI=1S/C18H21N3O5S/c1-14-3-4-16(21(22)23)13-18(14)27(24,25)20-11-9-19(10-12-20)15-5-7-17(26-2)8-6-15/h3-8,13H,9-12H2,1-2H3.